The number of hydrogen-bond acceptors (Lipinski definition) is 7. The van der Waals surface area contributed by atoms with Crippen molar-refractivity contribution in [2.75, 3.05) is 12.3 Å². The zero-order valence-electron chi connectivity index (χ0n) is 13.1. The standard InChI is InChI=1S/C16H16ClN5O3/c17-9-3-1-8(2-4-9)14-13-15(18)19-7-20-16(13)22(21-14)12-5-10(24)11(6-23)25-12/h1-4,7,10-12,23-24H,5-6H2,(H2,18,19,20)/t10-,11+,12+/m0/s1. The minimum Gasteiger partial charge on any atom is -0.394 e. The molecule has 1 aliphatic rings. The molecular formula is C16H16ClN5O3. The van der Waals surface area contributed by atoms with Gasteiger partial charge in [-0.2, -0.15) is 5.10 Å². The monoisotopic (exact) mass is 361 g/mol. The molecule has 2 aromatic heterocycles. The molecule has 8 nitrogen and oxygen atoms in total. The van der Waals surface area contributed by atoms with Gasteiger partial charge in [0.05, 0.1) is 18.1 Å². The minimum absolute atomic E-state index is 0.266. The van der Waals surface area contributed by atoms with Crippen LogP contribution < -0.4 is 5.73 Å². The molecule has 0 radical (unpaired) electrons. The second kappa shape index (κ2) is 6.23. The molecule has 130 valence electrons. The number of nitrogens with two attached hydrogens (primary N) is 1. The van der Waals surface area contributed by atoms with Gasteiger partial charge in [-0.15, -0.1) is 0 Å². The van der Waals surface area contributed by atoms with Crippen LogP contribution in [0.5, 0.6) is 0 Å². The number of rotatable bonds is 3. The highest BCUT2D eigenvalue weighted by atomic mass is 35.5. The molecule has 3 heterocycles. The molecule has 0 spiro atoms. The van der Waals surface area contributed by atoms with Crippen molar-refractivity contribution in [1.29, 1.82) is 0 Å². The van der Waals surface area contributed by atoms with E-state index in [1.165, 1.54) is 6.33 Å². The first kappa shape index (κ1) is 16.2. The predicted molar refractivity (Wildman–Crippen MR) is 91.8 cm³/mol. The average molecular weight is 362 g/mol. The average Bonchev–Trinajstić information content (AvgIpc) is 3.17. The third kappa shape index (κ3) is 2.73. The van der Waals surface area contributed by atoms with Gasteiger partial charge in [0.2, 0.25) is 0 Å². The molecule has 3 atom stereocenters. The van der Waals surface area contributed by atoms with Gasteiger partial charge in [0.25, 0.3) is 0 Å². The van der Waals surface area contributed by atoms with Crippen molar-refractivity contribution >= 4 is 28.5 Å². The normalized spacial score (nSPS) is 23.4. The van der Waals surface area contributed by atoms with E-state index in [4.69, 9.17) is 22.1 Å². The molecular weight excluding hydrogens is 346 g/mol. The number of nitrogen functional groups attached to an aromatic ring is 1. The molecule has 3 aromatic rings. The number of aliphatic hydroxyl groups is 2. The number of aliphatic hydroxyl groups excluding tert-OH is 2. The van der Waals surface area contributed by atoms with Gasteiger partial charge in [-0.25, -0.2) is 14.6 Å². The van der Waals surface area contributed by atoms with E-state index >= 15 is 0 Å². The Hall–Kier alpha value is -2.26. The zero-order valence-corrected chi connectivity index (χ0v) is 13.8. The summed E-state index contributed by atoms with van der Waals surface area (Å²) in [6, 6.07) is 7.20. The van der Waals surface area contributed by atoms with Gasteiger partial charge in [0.15, 0.2) is 11.9 Å². The van der Waals surface area contributed by atoms with Crippen molar-refractivity contribution in [3.05, 3.63) is 35.6 Å². The molecule has 25 heavy (non-hydrogen) atoms. The fourth-order valence-electron chi connectivity index (χ4n) is 3.03. The Balaban J connectivity index is 1.86. The highest BCUT2D eigenvalue weighted by Gasteiger charge is 2.36. The molecule has 0 aliphatic carbocycles. The first-order chi connectivity index (χ1) is 12.1. The maximum absolute atomic E-state index is 10.0. The van der Waals surface area contributed by atoms with E-state index < -0.39 is 18.4 Å². The van der Waals surface area contributed by atoms with E-state index in [0.29, 0.717) is 34.0 Å². The van der Waals surface area contributed by atoms with Crippen LogP contribution in [0.25, 0.3) is 22.3 Å². The summed E-state index contributed by atoms with van der Waals surface area (Å²) in [6.07, 6.45) is -0.317. The molecule has 1 fully saturated rings. The van der Waals surface area contributed by atoms with Gasteiger partial charge in [0.1, 0.15) is 23.9 Å². The van der Waals surface area contributed by atoms with Crippen LogP contribution >= 0.6 is 11.6 Å². The quantitative estimate of drug-likeness (QED) is 0.644. The van der Waals surface area contributed by atoms with Crippen LogP contribution in [-0.4, -0.2) is 48.8 Å². The van der Waals surface area contributed by atoms with Crippen LogP contribution in [0, 0.1) is 0 Å². The number of nitrogens with zero attached hydrogens (tertiary/aromatic N) is 4. The van der Waals surface area contributed by atoms with E-state index in [-0.39, 0.29) is 6.61 Å². The maximum Gasteiger partial charge on any atom is 0.166 e. The largest absolute Gasteiger partial charge is 0.394 e. The van der Waals surface area contributed by atoms with Crippen LogP contribution in [0.2, 0.25) is 5.02 Å². The second-order valence-electron chi connectivity index (χ2n) is 5.87. The lowest BCUT2D eigenvalue weighted by molar-refractivity contribution is -0.0469. The Morgan fingerprint density at radius 2 is 2.04 bits per heavy atom. The fraction of sp³-hybridized carbons (Fsp3) is 0.312. The number of halogens is 1. The molecule has 0 saturated carbocycles. The van der Waals surface area contributed by atoms with E-state index in [2.05, 4.69) is 15.1 Å². The Morgan fingerprint density at radius 3 is 2.72 bits per heavy atom. The summed E-state index contributed by atoms with van der Waals surface area (Å²) in [5.41, 5.74) is 7.98. The molecule has 0 bridgehead atoms. The molecule has 1 saturated heterocycles. The first-order valence-corrected chi connectivity index (χ1v) is 8.15. The highest BCUT2D eigenvalue weighted by molar-refractivity contribution is 6.30. The number of benzene rings is 1. The van der Waals surface area contributed by atoms with E-state index in [0.717, 1.165) is 5.56 Å². The molecule has 1 aliphatic heterocycles. The lowest BCUT2D eigenvalue weighted by atomic mass is 10.1. The number of aromatic nitrogens is 4. The highest BCUT2D eigenvalue weighted by Crippen LogP contribution is 2.36. The Labute approximate surface area is 147 Å². The van der Waals surface area contributed by atoms with Crippen LogP contribution in [0.4, 0.5) is 5.82 Å². The Kier molecular flexibility index (Phi) is 4.04. The second-order valence-corrected chi connectivity index (χ2v) is 6.31. The van der Waals surface area contributed by atoms with Crippen molar-refractivity contribution in [3.63, 3.8) is 0 Å². The van der Waals surface area contributed by atoms with Gasteiger partial charge < -0.3 is 20.7 Å². The number of fused-ring (bicyclic) bond motifs is 1. The molecule has 0 amide bonds. The number of anilines is 1. The van der Waals surface area contributed by atoms with Gasteiger partial charge in [-0.05, 0) is 12.1 Å². The van der Waals surface area contributed by atoms with Crippen molar-refractivity contribution in [3.8, 4) is 11.3 Å². The minimum atomic E-state index is -0.771. The van der Waals surface area contributed by atoms with Crippen molar-refractivity contribution in [2.45, 2.75) is 24.9 Å². The SMILES string of the molecule is Nc1ncnc2c1c(-c1ccc(Cl)cc1)nn2[C@H]1C[C@H](O)[C@@H](CO)O1. The number of ether oxygens (including phenoxy) is 1. The van der Waals surface area contributed by atoms with E-state index in [9.17, 15) is 10.2 Å². The summed E-state index contributed by atoms with van der Waals surface area (Å²) in [6.45, 7) is -0.266. The zero-order chi connectivity index (χ0) is 17.6. The molecule has 4 rings (SSSR count). The van der Waals surface area contributed by atoms with Gasteiger partial charge in [-0.3, -0.25) is 0 Å². The van der Waals surface area contributed by atoms with Crippen LogP contribution in [0.15, 0.2) is 30.6 Å². The summed E-state index contributed by atoms with van der Waals surface area (Å²) in [5.74, 6) is 0.304. The van der Waals surface area contributed by atoms with E-state index in [1.54, 1.807) is 16.8 Å². The third-order valence-corrected chi connectivity index (χ3v) is 4.54. The molecule has 0 unspecified atom stereocenters. The summed E-state index contributed by atoms with van der Waals surface area (Å²) in [4.78, 5) is 8.34. The third-order valence-electron chi connectivity index (χ3n) is 4.29. The van der Waals surface area contributed by atoms with Gasteiger partial charge in [-0.1, -0.05) is 23.7 Å². The van der Waals surface area contributed by atoms with Crippen LogP contribution in [0.1, 0.15) is 12.6 Å². The molecule has 1 aromatic carbocycles. The first-order valence-electron chi connectivity index (χ1n) is 7.77. The predicted octanol–water partition coefficient (Wildman–Crippen LogP) is 1.37. The molecule has 9 heteroatoms. The van der Waals surface area contributed by atoms with Gasteiger partial charge in [0, 0.05) is 17.0 Å². The van der Waals surface area contributed by atoms with Gasteiger partial charge >= 0.3 is 0 Å². The Bertz CT molecular complexity index is 914. The van der Waals surface area contributed by atoms with Crippen molar-refractivity contribution in [2.24, 2.45) is 0 Å². The van der Waals surface area contributed by atoms with Crippen molar-refractivity contribution in [1.82, 2.24) is 19.7 Å². The lowest BCUT2D eigenvalue weighted by Gasteiger charge is -2.12. The smallest absolute Gasteiger partial charge is 0.166 e. The summed E-state index contributed by atoms with van der Waals surface area (Å²) in [7, 11) is 0. The molecule has 4 N–H and O–H groups in total. The fourth-order valence-corrected chi connectivity index (χ4v) is 3.16. The topological polar surface area (TPSA) is 119 Å². The summed E-state index contributed by atoms with van der Waals surface area (Å²) < 4.78 is 7.28. The number of hydrogen-bond donors (Lipinski definition) is 3. The summed E-state index contributed by atoms with van der Waals surface area (Å²) >= 11 is 5.96. The van der Waals surface area contributed by atoms with Crippen LogP contribution in [-0.2, 0) is 4.74 Å². The summed E-state index contributed by atoms with van der Waals surface area (Å²) in [5, 5.41) is 25.1. The van der Waals surface area contributed by atoms with Crippen LogP contribution in [0.3, 0.4) is 0 Å². The van der Waals surface area contributed by atoms with Crippen molar-refractivity contribution < 1.29 is 14.9 Å². The lowest BCUT2D eigenvalue weighted by Crippen LogP contribution is -2.24. The van der Waals surface area contributed by atoms with E-state index in [1.807, 2.05) is 12.1 Å². The Morgan fingerprint density at radius 1 is 1.28 bits per heavy atom. The maximum atomic E-state index is 10.0.